The molecular weight excluding hydrogens is 464 g/mol. The van der Waals surface area contributed by atoms with Crippen molar-refractivity contribution in [2.75, 3.05) is 27.3 Å². The zero-order valence-electron chi connectivity index (χ0n) is 21.7. The van der Waals surface area contributed by atoms with E-state index in [0.717, 1.165) is 35.3 Å². The summed E-state index contributed by atoms with van der Waals surface area (Å²) in [6.07, 6.45) is 2.37. The number of aryl methyl sites for hydroxylation is 2. The molecule has 35 heavy (non-hydrogen) atoms. The Kier molecular flexibility index (Phi) is 8.83. The Morgan fingerprint density at radius 1 is 1.00 bits per heavy atom. The van der Waals surface area contributed by atoms with Crippen LogP contribution in [-0.2, 0) is 21.2 Å². The third-order valence-electron chi connectivity index (χ3n) is 6.66. The van der Waals surface area contributed by atoms with Gasteiger partial charge < -0.3 is 14.8 Å². The normalized spacial score (nSPS) is 15.3. The van der Waals surface area contributed by atoms with E-state index >= 15 is 0 Å². The van der Waals surface area contributed by atoms with E-state index in [9.17, 15) is 13.2 Å². The minimum absolute atomic E-state index is 0.103. The van der Waals surface area contributed by atoms with Gasteiger partial charge in [0.1, 0.15) is 11.5 Å². The molecule has 1 heterocycles. The molecule has 3 rings (SSSR count). The summed E-state index contributed by atoms with van der Waals surface area (Å²) < 4.78 is 38.5. The molecule has 1 N–H and O–H groups in total. The third-order valence-corrected chi connectivity index (χ3v) is 8.56. The van der Waals surface area contributed by atoms with E-state index < -0.39 is 10.0 Å². The lowest BCUT2D eigenvalue weighted by molar-refractivity contribution is -0.121. The van der Waals surface area contributed by atoms with Gasteiger partial charge in [0.2, 0.25) is 15.9 Å². The highest BCUT2D eigenvalue weighted by Crippen LogP contribution is 2.32. The monoisotopic (exact) mass is 502 g/mol. The fourth-order valence-corrected chi connectivity index (χ4v) is 6.21. The van der Waals surface area contributed by atoms with Crippen molar-refractivity contribution in [1.82, 2.24) is 9.62 Å². The number of sulfonamides is 1. The predicted octanol–water partition coefficient (Wildman–Crippen LogP) is 4.73. The molecule has 192 valence electrons. The summed E-state index contributed by atoms with van der Waals surface area (Å²) in [6, 6.07) is 8.86. The van der Waals surface area contributed by atoms with Gasteiger partial charge >= 0.3 is 0 Å². The number of nitrogens with zero attached hydrogens (tertiary/aromatic N) is 1. The van der Waals surface area contributed by atoms with Gasteiger partial charge in [0.05, 0.1) is 25.2 Å². The van der Waals surface area contributed by atoms with Crippen molar-refractivity contribution in [3.63, 3.8) is 0 Å². The van der Waals surface area contributed by atoms with E-state index in [-0.39, 0.29) is 23.3 Å². The first kappa shape index (κ1) is 27.0. The molecule has 1 atom stereocenters. The number of benzene rings is 2. The lowest BCUT2D eigenvalue weighted by Crippen LogP contribution is -2.28. The lowest BCUT2D eigenvalue weighted by atomic mass is 9.93. The second-order valence-electron chi connectivity index (χ2n) is 9.48. The van der Waals surface area contributed by atoms with Crippen LogP contribution in [0.4, 0.5) is 0 Å². The molecule has 0 saturated carbocycles. The second kappa shape index (κ2) is 11.4. The minimum Gasteiger partial charge on any atom is -0.496 e. The Morgan fingerprint density at radius 2 is 1.66 bits per heavy atom. The summed E-state index contributed by atoms with van der Waals surface area (Å²) in [6.45, 7) is 9.32. The first-order valence-corrected chi connectivity index (χ1v) is 13.7. The van der Waals surface area contributed by atoms with Gasteiger partial charge in [-0.25, -0.2) is 8.42 Å². The molecule has 1 saturated heterocycles. The molecule has 7 nitrogen and oxygen atoms in total. The molecule has 1 aliphatic heterocycles. The van der Waals surface area contributed by atoms with E-state index in [1.165, 1.54) is 4.31 Å². The fourth-order valence-electron chi connectivity index (χ4n) is 4.64. The van der Waals surface area contributed by atoms with Crippen molar-refractivity contribution < 1.29 is 22.7 Å². The number of carbonyl (C=O) groups excluding carboxylic acids is 1. The topological polar surface area (TPSA) is 84.9 Å². The van der Waals surface area contributed by atoms with Crippen molar-refractivity contribution in [2.24, 2.45) is 0 Å². The summed E-state index contributed by atoms with van der Waals surface area (Å²) in [5.74, 6) is 1.63. The third kappa shape index (κ3) is 6.16. The maximum Gasteiger partial charge on any atom is 0.243 e. The summed E-state index contributed by atoms with van der Waals surface area (Å²) in [7, 11) is -0.313. The molecule has 1 unspecified atom stereocenters. The van der Waals surface area contributed by atoms with E-state index in [4.69, 9.17) is 9.47 Å². The molecule has 0 spiro atoms. The number of hydrogen-bond donors (Lipinski definition) is 1. The molecule has 2 aromatic carbocycles. The summed E-state index contributed by atoms with van der Waals surface area (Å²) in [5.41, 5.74) is 3.92. The van der Waals surface area contributed by atoms with Crippen LogP contribution in [0.15, 0.2) is 35.2 Å². The molecule has 0 aliphatic carbocycles. The molecule has 1 amide bonds. The number of carbonyl (C=O) groups is 1. The van der Waals surface area contributed by atoms with Crippen LogP contribution in [0.5, 0.6) is 11.5 Å². The van der Waals surface area contributed by atoms with E-state index in [2.05, 4.69) is 25.2 Å². The number of hydrogen-bond acceptors (Lipinski definition) is 5. The van der Waals surface area contributed by atoms with E-state index in [0.29, 0.717) is 36.7 Å². The van der Waals surface area contributed by atoms with Crippen LogP contribution >= 0.6 is 0 Å². The Hall–Kier alpha value is -2.58. The Balaban J connectivity index is 1.72. The molecule has 1 fully saturated rings. The van der Waals surface area contributed by atoms with Crippen LogP contribution in [0.25, 0.3) is 0 Å². The highest BCUT2D eigenvalue weighted by atomic mass is 32.2. The van der Waals surface area contributed by atoms with E-state index in [1.54, 1.807) is 32.4 Å². The molecule has 2 aromatic rings. The quantitative estimate of drug-likeness (QED) is 0.508. The first-order valence-electron chi connectivity index (χ1n) is 12.2. The van der Waals surface area contributed by atoms with Gasteiger partial charge in [-0.05, 0) is 91.6 Å². The maximum atomic E-state index is 13.0. The molecule has 0 radical (unpaired) electrons. The predicted molar refractivity (Wildman–Crippen MR) is 138 cm³/mol. The lowest BCUT2D eigenvalue weighted by Gasteiger charge is -2.21. The van der Waals surface area contributed by atoms with Gasteiger partial charge in [-0.3, -0.25) is 4.79 Å². The van der Waals surface area contributed by atoms with Gasteiger partial charge in [0, 0.05) is 19.5 Å². The SMILES string of the molecule is COc1ccc(S(=O)(=O)N2CCCC2)cc1CCC(=O)NC(C)c1cc(C(C)C)c(OC)cc1C. The van der Waals surface area contributed by atoms with Crippen LogP contribution in [0, 0.1) is 6.92 Å². The number of methoxy groups -OCH3 is 2. The van der Waals surface area contributed by atoms with Gasteiger partial charge in [0.25, 0.3) is 0 Å². The van der Waals surface area contributed by atoms with Crippen molar-refractivity contribution in [1.29, 1.82) is 0 Å². The number of ether oxygens (including phenoxy) is 2. The molecule has 1 aliphatic rings. The smallest absolute Gasteiger partial charge is 0.243 e. The van der Waals surface area contributed by atoms with Gasteiger partial charge in [-0.2, -0.15) is 4.31 Å². The zero-order valence-corrected chi connectivity index (χ0v) is 22.5. The van der Waals surface area contributed by atoms with Crippen molar-refractivity contribution in [3.05, 3.63) is 52.6 Å². The molecule has 0 bridgehead atoms. The average Bonchev–Trinajstić information content (AvgIpc) is 3.38. The molecule has 0 aromatic heterocycles. The van der Waals surface area contributed by atoms with E-state index in [1.807, 2.05) is 19.9 Å². The van der Waals surface area contributed by atoms with Crippen LogP contribution in [0.3, 0.4) is 0 Å². The summed E-state index contributed by atoms with van der Waals surface area (Å²) in [5, 5.41) is 3.09. The summed E-state index contributed by atoms with van der Waals surface area (Å²) in [4.78, 5) is 13.1. The standard InChI is InChI=1S/C27H38N2O5S/c1-18(2)23-17-24(19(3)15-26(23)34-6)20(4)28-27(30)12-9-21-16-22(10-11-25(21)33-5)35(31,32)29-13-7-8-14-29/h10-11,15-18,20H,7-9,12-14H2,1-6H3,(H,28,30). The van der Waals surface area contributed by atoms with Crippen molar-refractivity contribution >= 4 is 15.9 Å². The minimum atomic E-state index is -3.53. The molecule has 8 heteroatoms. The van der Waals surface area contributed by atoms with Crippen molar-refractivity contribution in [2.45, 2.75) is 70.2 Å². The van der Waals surface area contributed by atoms with Crippen LogP contribution in [0.2, 0.25) is 0 Å². The van der Waals surface area contributed by atoms with Crippen LogP contribution < -0.4 is 14.8 Å². The summed E-state index contributed by atoms with van der Waals surface area (Å²) >= 11 is 0. The highest BCUT2D eigenvalue weighted by molar-refractivity contribution is 7.89. The van der Waals surface area contributed by atoms with Gasteiger partial charge in [0.15, 0.2) is 0 Å². The Morgan fingerprint density at radius 3 is 2.26 bits per heavy atom. The number of amides is 1. The van der Waals surface area contributed by atoms with Crippen molar-refractivity contribution in [3.8, 4) is 11.5 Å². The zero-order chi connectivity index (χ0) is 25.8. The first-order chi connectivity index (χ1) is 16.6. The Bertz CT molecular complexity index is 1150. The average molecular weight is 503 g/mol. The molecular formula is C27H38N2O5S. The number of rotatable bonds is 10. The van der Waals surface area contributed by atoms with Crippen LogP contribution in [-0.4, -0.2) is 45.9 Å². The maximum absolute atomic E-state index is 13.0. The van der Waals surface area contributed by atoms with Crippen LogP contribution in [0.1, 0.15) is 74.2 Å². The van der Waals surface area contributed by atoms with Gasteiger partial charge in [-0.1, -0.05) is 13.8 Å². The Labute approximate surface area is 209 Å². The largest absolute Gasteiger partial charge is 0.496 e. The second-order valence-corrected chi connectivity index (χ2v) is 11.4. The van der Waals surface area contributed by atoms with Gasteiger partial charge in [-0.15, -0.1) is 0 Å². The highest BCUT2D eigenvalue weighted by Gasteiger charge is 2.28. The number of nitrogens with one attached hydrogen (secondary N) is 1. The fraction of sp³-hybridized carbons (Fsp3) is 0.519.